The second kappa shape index (κ2) is 4.12. The molecule has 0 amide bonds. The topological polar surface area (TPSA) is 95.2 Å². The first-order chi connectivity index (χ1) is 7.90. The molecule has 0 bridgehead atoms. The van der Waals surface area contributed by atoms with E-state index >= 15 is 0 Å². The smallest absolute Gasteiger partial charge is 0.321 e. The van der Waals surface area contributed by atoms with Crippen LogP contribution in [0.15, 0.2) is 6.20 Å². The molecule has 1 aromatic rings. The molecule has 6 heteroatoms. The number of H-pyrrole nitrogens is 1. The van der Waals surface area contributed by atoms with E-state index in [-0.39, 0.29) is 5.41 Å². The van der Waals surface area contributed by atoms with Crippen molar-refractivity contribution < 1.29 is 9.90 Å². The number of aliphatic carboxylic acids is 1. The van der Waals surface area contributed by atoms with Gasteiger partial charge in [0.1, 0.15) is 6.04 Å². The summed E-state index contributed by atoms with van der Waals surface area (Å²) in [5, 5.41) is 15.9. The molecule has 0 saturated heterocycles. The van der Waals surface area contributed by atoms with Crippen molar-refractivity contribution in [3.8, 4) is 0 Å². The average molecular weight is 238 g/mol. The molecule has 0 spiro atoms. The number of hydrogen-bond acceptors (Lipinski definition) is 4. The number of rotatable bonds is 3. The van der Waals surface area contributed by atoms with Crippen LogP contribution in [0.1, 0.15) is 25.1 Å². The fourth-order valence-electron chi connectivity index (χ4n) is 2.44. The number of hydrogen-bond donors (Lipinski definition) is 3. The molecule has 0 aromatic carbocycles. The Hall–Kier alpha value is -1.40. The Bertz CT molecular complexity index is 427. The minimum atomic E-state index is -0.958. The van der Waals surface area contributed by atoms with E-state index in [1.807, 2.05) is 0 Å². The molecule has 0 fully saturated rings. The predicted molar refractivity (Wildman–Crippen MR) is 62.5 cm³/mol. The fourth-order valence-corrected chi connectivity index (χ4v) is 2.44. The molecule has 2 rings (SSSR count). The lowest BCUT2D eigenvalue weighted by molar-refractivity contribution is -0.139. The van der Waals surface area contributed by atoms with Crippen molar-refractivity contribution in [3.63, 3.8) is 0 Å². The van der Waals surface area contributed by atoms with Crippen LogP contribution in [0.3, 0.4) is 0 Å². The van der Waals surface area contributed by atoms with Gasteiger partial charge in [-0.3, -0.25) is 14.8 Å². The SMILES string of the molecule is CC1(C)CN(CC(N)C(=O)O)Cc2cn[nH]c21. The Kier molecular flexibility index (Phi) is 2.92. The summed E-state index contributed by atoms with van der Waals surface area (Å²) in [5.41, 5.74) is 7.77. The monoisotopic (exact) mass is 238 g/mol. The molecule has 94 valence electrons. The zero-order chi connectivity index (χ0) is 12.6. The largest absolute Gasteiger partial charge is 0.480 e. The number of carboxylic acids is 1. The highest BCUT2D eigenvalue weighted by Crippen LogP contribution is 2.31. The van der Waals surface area contributed by atoms with Gasteiger partial charge in [-0.25, -0.2) is 0 Å². The molecule has 0 radical (unpaired) electrons. The molecule has 2 heterocycles. The molecule has 0 aliphatic carbocycles. The third kappa shape index (κ3) is 2.32. The van der Waals surface area contributed by atoms with Crippen LogP contribution in [0.5, 0.6) is 0 Å². The molecule has 17 heavy (non-hydrogen) atoms. The molecule has 1 aliphatic rings. The lowest BCUT2D eigenvalue weighted by atomic mass is 9.83. The van der Waals surface area contributed by atoms with Crippen LogP contribution >= 0.6 is 0 Å². The van der Waals surface area contributed by atoms with Crippen molar-refractivity contribution in [2.75, 3.05) is 13.1 Å². The molecule has 1 atom stereocenters. The summed E-state index contributed by atoms with van der Waals surface area (Å²) in [6.45, 7) is 6.08. The van der Waals surface area contributed by atoms with Crippen molar-refractivity contribution in [2.24, 2.45) is 5.73 Å². The third-order valence-electron chi connectivity index (χ3n) is 3.18. The highest BCUT2D eigenvalue weighted by Gasteiger charge is 2.34. The van der Waals surface area contributed by atoms with E-state index in [0.29, 0.717) is 13.1 Å². The summed E-state index contributed by atoms with van der Waals surface area (Å²) >= 11 is 0. The van der Waals surface area contributed by atoms with Gasteiger partial charge in [0, 0.05) is 36.3 Å². The van der Waals surface area contributed by atoms with E-state index in [9.17, 15) is 4.79 Å². The second-order valence-electron chi connectivity index (χ2n) is 5.27. The Morgan fingerprint density at radius 2 is 2.47 bits per heavy atom. The highest BCUT2D eigenvalue weighted by atomic mass is 16.4. The first kappa shape index (κ1) is 12.1. The number of aromatic amines is 1. The summed E-state index contributed by atoms with van der Waals surface area (Å²) in [5.74, 6) is -0.958. The van der Waals surface area contributed by atoms with E-state index in [0.717, 1.165) is 17.8 Å². The molecule has 6 nitrogen and oxygen atoms in total. The molecule has 1 aliphatic heterocycles. The molecule has 4 N–H and O–H groups in total. The van der Waals surface area contributed by atoms with Gasteiger partial charge in [0.25, 0.3) is 0 Å². The van der Waals surface area contributed by atoms with Gasteiger partial charge in [-0.1, -0.05) is 13.8 Å². The number of carbonyl (C=O) groups is 1. The van der Waals surface area contributed by atoms with E-state index in [1.54, 1.807) is 6.20 Å². The molecule has 1 aromatic heterocycles. The Morgan fingerprint density at radius 1 is 1.76 bits per heavy atom. The van der Waals surface area contributed by atoms with Gasteiger partial charge >= 0.3 is 5.97 Å². The van der Waals surface area contributed by atoms with Gasteiger partial charge in [-0.05, 0) is 0 Å². The van der Waals surface area contributed by atoms with Crippen molar-refractivity contribution in [1.29, 1.82) is 0 Å². The van der Waals surface area contributed by atoms with Crippen LogP contribution in [-0.2, 0) is 16.8 Å². The lowest BCUT2D eigenvalue weighted by Crippen LogP contribution is -2.48. The number of carboxylic acid groups (broad SMARTS) is 1. The zero-order valence-corrected chi connectivity index (χ0v) is 10.1. The summed E-state index contributed by atoms with van der Waals surface area (Å²) in [4.78, 5) is 12.8. The van der Waals surface area contributed by atoms with E-state index in [4.69, 9.17) is 10.8 Å². The van der Waals surface area contributed by atoms with E-state index in [2.05, 4.69) is 28.9 Å². The van der Waals surface area contributed by atoms with Crippen molar-refractivity contribution >= 4 is 5.97 Å². The Morgan fingerprint density at radius 3 is 3.12 bits per heavy atom. The second-order valence-corrected chi connectivity index (χ2v) is 5.27. The zero-order valence-electron chi connectivity index (χ0n) is 10.1. The molecular formula is C11H18N4O2. The number of nitrogens with one attached hydrogen (secondary N) is 1. The van der Waals surface area contributed by atoms with Crippen molar-refractivity contribution in [3.05, 3.63) is 17.5 Å². The maximum atomic E-state index is 10.8. The fraction of sp³-hybridized carbons (Fsp3) is 0.636. The normalized spacial score (nSPS) is 20.9. The van der Waals surface area contributed by atoms with E-state index in [1.165, 1.54) is 0 Å². The highest BCUT2D eigenvalue weighted by molar-refractivity contribution is 5.73. The quantitative estimate of drug-likeness (QED) is 0.684. The molecular weight excluding hydrogens is 220 g/mol. The minimum Gasteiger partial charge on any atom is -0.480 e. The third-order valence-corrected chi connectivity index (χ3v) is 3.18. The van der Waals surface area contributed by atoms with Crippen molar-refractivity contribution in [2.45, 2.75) is 31.8 Å². The maximum absolute atomic E-state index is 10.8. The number of aromatic nitrogens is 2. The summed E-state index contributed by atoms with van der Waals surface area (Å²) in [6.07, 6.45) is 1.80. The minimum absolute atomic E-state index is 0.0533. The van der Waals surface area contributed by atoms with E-state index < -0.39 is 12.0 Å². The van der Waals surface area contributed by atoms with Crippen LogP contribution in [0, 0.1) is 0 Å². The summed E-state index contributed by atoms with van der Waals surface area (Å²) < 4.78 is 0. The first-order valence-corrected chi connectivity index (χ1v) is 5.63. The van der Waals surface area contributed by atoms with Gasteiger partial charge in [0.05, 0.1) is 6.20 Å². The Balaban J connectivity index is 2.13. The standard InChI is InChI=1S/C11H18N4O2/c1-11(2)6-15(5-8(12)10(16)17)4-7-3-13-14-9(7)11/h3,8H,4-6,12H2,1-2H3,(H,13,14)(H,16,17). The van der Waals surface area contributed by atoms with Crippen LogP contribution in [0.4, 0.5) is 0 Å². The average Bonchev–Trinajstić information content (AvgIpc) is 2.65. The van der Waals surface area contributed by atoms with Gasteiger partial charge in [0.2, 0.25) is 0 Å². The lowest BCUT2D eigenvalue weighted by Gasteiger charge is -2.38. The van der Waals surface area contributed by atoms with Crippen LogP contribution in [-0.4, -0.2) is 45.3 Å². The van der Waals surface area contributed by atoms with Crippen LogP contribution in [0.25, 0.3) is 0 Å². The number of fused-ring (bicyclic) bond motifs is 1. The first-order valence-electron chi connectivity index (χ1n) is 5.63. The van der Waals surface area contributed by atoms with Gasteiger partial charge < -0.3 is 10.8 Å². The number of nitrogens with zero attached hydrogens (tertiary/aromatic N) is 2. The Labute approximate surface area is 99.8 Å². The van der Waals surface area contributed by atoms with Crippen LogP contribution in [0.2, 0.25) is 0 Å². The number of nitrogens with two attached hydrogens (primary N) is 1. The van der Waals surface area contributed by atoms with Gasteiger partial charge in [0.15, 0.2) is 0 Å². The molecule has 1 unspecified atom stereocenters. The predicted octanol–water partition coefficient (Wildman–Crippen LogP) is -0.0852. The molecule has 0 saturated carbocycles. The van der Waals surface area contributed by atoms with Crippen LogP contribution < -0.4 is 5.73 Å². The summed E-state index contributed by atoms with van der Waals surface area (Å²) in [6, 6.07) is -0.834. The summed E-state index contributed by atoms with van der Waals surface area (Å²) in [7, 11) is 0. The maximum Gasteiger partial charge on any atom is 0.321 e. The van der Waals surface area contributed by atoms with Gasteiger partial charge in [-0.2, -0.15) is 5.10 Å². The van der Waals surface area contributed by atoms with Gasteiger partial charge in [-0.15, -0.1) is 0 Å². The van der Waals surface area contributed by atoms with Crippen molar-refractivity contribution in [1.82, 2.24) is 15.1 Å².